The summed E-state index contributed by atoms with van der Waals surface area (Å²) in [5, 5.41) is 5.28. The molecule has 1 spiro atoms. The van der Waals surface area contributed by atoms with Crippen molar-refractivity contribution in [1.29, 1.82) is 0 Å². The third kappa shape index (κ3) is 2.29. The average Bonchev–Trinajstić information content (AvgIpc) is 2.67. The summed E-state index contributed by atoms with van der Waals surface area (Å²) in [7, 11) is 0. The van der Waals surface area contributed by atoms with Crippen LogP contribution in [-0.4, -0.2) is 0 Å². The Labute approximate surface area is 148 Å². The van der Waals surface area contributed by atoms with E-state index in [4.69, 9.17) is 0 Å². The maximum atomic E-state index is 2.39. The summed E-state index contributed by atoms with van der Waals surface area (Å²) < 4.78 is 0. The molecule has 3 aromatic carbocycles. The lowest BCUT2D eigenvalue weighted by molar-refractivity contribution is 0.519. The first-order valence-corrected chi connectivity index (χ1v) is 8.99. The molecule has 2 aliphatic carbocycles. The Hall–Kier alpha value is -2.86. The molecule has 0 saturated carbocycles. The Morgan fingerprint density at radius 3 is 2.24 bits per heavy atom. The zero-order chi connectivity index (χ0) is 16.7. The fourth-order valence-corrected chi connectivity index (χ4v) is 4.29. The van der Waals surface area contributed by atoms with Gasteiger partial charge in [-0.15, -0.1) is 0 Å². The predicted octanol–water partition coefficient (Wildman–Crippen LogP) is 6.84. The zero-order valence-electron chi connectivity index (χ0n) is 14.2. The van der Waals surface area contributed by atoms with Crippen LogP contribution in [-0.2, 0) is 0 Å². The molecule has 0 bridgehead atoms. The molecule has 0 saturated heterocycles. The van der Waals surface area contributed by atoms with E-state index in [1.54, 1.807) is 0 Å². The van der Waals surface area contributed by atoms with Crippen LogP contribution < -0.4 is 0 Å². The molecule has 2 aliphatic rings. The van der Waals surface area contributed by atoms with Gasteiger partial charge in [0.1, 0.15) is 0 Å². The van der Waals surface area contributed by atoms with Crippen molar-refractivity contribution in [2.24, 2.45) is 5.41 Å². The first-order valence-electron chi connectivity index (χ1n) is 8.99. The minimum absolute atomic E-state index is 0.101. The van der Waals surface area contributed by atoms with Gasteiger partial charge in [-0.3, -0.25) is 0 Å². The molecule has 0 radical (unpaired) electrons. The molecule has 0 N–H and O–H groups in total. The average molecular weight is 320 g/mol. The van der Waals surface area contributed by atoms with E-state index in [-0.39, 0.29) is 5.41 Å². The molecule has 0 aliphatic heterocycles. The van der Waals surface area contributed by atoms with Crippen LogP contribution in [0.25, 0.3) is 27.1 Å². The van der Waals surface area contributed by atoms with Crippen LogP contribution in [0.5, 0.6) is 0 Å². The van der Waals surface area contributed by atoms with Gasteiger partial charge in [0, 0.05) is 5.41 Å². The van der Waals surface area contributed by atoms with Crippen LogP contribution in [0.2, 0.25) is 0 Å². The lowest BCUT2D eigenvalue weighted by Crippen LogP contribution is -2.21. The number of fused-ring (bicyclic) bond motifs is 2. The molecule has 120 valence electrons. The smallest absolute Gasteiger partial charge is 0.0210 e. The highest BCUT2D eigenvalue weighted by Gasteiger charge is 2.33. The first-order chi connectivity index (χ1) is 12.4. The molecule has 0 heterocycles. The second-order valence-corrected chi connectivity index (χ2v) is 7.09. The third-order valence-corrected chi connectivity index (χ3v) is 5.60. The Bertz CT molecular complexity index is 1090. The van der Waals surface area contributed by atoms with Crippen LogP contribution in [0.15, 0.2) is 97.1 Å². The molecule has 0 nitrogen and oxygen atoms in total. The second kappa shape index (κ2) is 5.60. The van der Waals surface area contributed by atoms with E-state index in [1.165, 1.54) is 32.7 Å². The van der Waals surface area contributed by atoms with Crippen molar-refractivity contribution >= 4 is 27.1 Å². The Morgan fingerprint density at radius 1 is 0.680 bits per heavy atom. The normalized spacial score (nSPS) is 22.0. The van der Waals surface area contributed by atoms with E-state index in [0.29, 0.717) is 0 Å². The molecule has 0 amide bonds. The van der Waals surface area contributed by atoms with Crippen LogP contribution in [0, 0.1) is 5.41 Å². The van der Waals surface area contributed by atoms with Gasteiger partial charge in [0.15, 0.2) is 0 Å². The molecule has 3 aromatic rings. The monoisotopic (exact) mass is 320 g/mol. The fraction of sp³-hybridized carbons (Fsp3) is 0.120. The number of hydrogen-bond acceptors (Lipinski definition) is 0. The summed E-state index contributed by atoms with van der Waals surface area (Å²) in [5.74, 6) is 0. The van der Waals surface area contributed by atoms with E-state index >= 15 is 0 Å². The topological polar surface area (TPSA) is 0 Å². The van der Waals surface area contributed by atoms with E-state index in [1.807, 2.05) is 0 Å². The van der Waals surface area contributed by atoms with E-state index < -0.39 is 0 Å². The highest BCUT2D eigenvalue weighted by molar-refractivity contribution is 6.04. The van der Waals surface area contributed by atoms with Gasteiger partial charge in [0.2, 0.25) is 0 Å². The molecule has 5 rings (SSSR count). The Kier molecular flexibility index (Phi) is 3.24. The standard InChI is InChI=1S/C25H20/c1-5-14-25(15-6-1)16-7-4-13-24(25)22-12-8-11-21-17-19-9-2-3-10-20(19)18-23(21)22/h1-14,17-18H,15-16H2. The molecular formula is C25H20. The van der Waals surface area contributed by atoms with E-state index in [9.17, 15) is 0 Å². The quantitative estimate of drug-likeness (QED) is 0.431. The van der Waals surface area contributed by atoms with Crippen molar-refractivity contribution < 1.29 is 0 Å². The van der Waals surface area contributed by atoms with Crippen LogP contribution in [0.3, 0.4) is 0 Å². The zero-order valence-corrected chi connectivity index (χ0v) is 14.2. The summed E-state index contributed by atoms with van der Waals surface area (Å²) in [5.41, 5.74) is 2.91. The maximum Gasteiger partial charge on any atom is 0.0210 e. The number of allylic oxidation sites excluding steroid dienone is 8. The lowest BCUT2D eigenvalue weighted by Gasteiger charge is -2.36. The largest absolute Gasteiger partial charge is 0.0833 e. The van der Waals surface area contributed by atoms with Crippen LogP contribution in [0.1, 0.15) is 18.4 Å². The summed E-state index contributed by atoms with van der Waals surface area (Å²) in [4.78, 5) is 0. The lowest BCUT2D eigenvalue weighted by atomic mass is 9.68. The Morgan fingerprint density at radius 2 is 1.44 bits per heavy atom. The highest BCUT2D eigenvalue weighted by atomic mass is 14.4. The van der Waals surface area contributed by atoms with Crippen molar-refractivity contribution in [2.75, 3.05) is 0 Å². The van der Waals surface area contributed by atoms with Gasteiger partial charge in [-0.1, -0.05) is 85.0 Å². The minimum Gasteiger partial charge on any atom is -0.0833 e. The van der Waals surface area contributed by atoms with Gasteiger partial charge in [-0.05, 0) is 57.7 Å². The highest BCUT2D eigenvalue weighted by Crippen LogP contribution is 2.48. The van der Waals surface area contributed by atoms with E-state index in [0.717, 1.165) is 12.8 Å². The number of rotatable bonds is 1. The van der Waals surface area contributed by atoms with Gasteiger partial charge >= 0.3 is 0 Å². The SMILES string of the molecule is C1=CCC2(C=C1)CC=CC=C2c1cccc2cc3ccccc3cc12. The number of benzene rings is 3. The maximum absolute atomic E-state index is 2.39. The molecular weight excluding hydrogens is 300 g/mol. The molecule has 25 heavy (non-hydrogen) atoms. The summed E-state index contributed by atoms with van der Waals surface area (Å²) in [6.07, 6.45) is 18.0. The van der Waals surface area contributed by atoms with Crippen LogP contribution in [0.4, 0.5) is 0 Å². The van der Waals surface area contributed by atoms with Gasteiger partial charge in [-0.25, -0.2) is 0 Å². The predicted molar refractivity (Wildman–Crippen MR) is 109 cm³/mol. The minimum atomic E-state index is 0.101. The second-order valence-electron chi connectivity index (χ2n) is 7.09. The van der Waals surface area contributed by atoms with Gasteiger partial charge in [0.25, 0.3) is 0 Å². The summed E-state index contributed by atoms with van der Waals surface area (Å²) in [6.45, 7) is 0. The van der Waals surface area contributed by atoms with Gasteiger partial charge < -0.3 is 0 Å². The van der Waals surface area contributed by atoms with Crippen LogP contribution >= 0.6 is 0 Å². The van der Waals surface area contributed by atoms with Crippen molar-refractivity contribution in [3.05, 3.63) is 103 Å². The summed E-state index contributed by atoms with van der Waals surface area (Å²) in [6, 6.07) is 20.0. The van der Waals surface area contributed by atoms with E-state index in [2.05, 4.69) is 97.1 Å². The molecule has 0 heteroatoms. The van der Waals surface area contributed by atoms with Crippen molar-refractivity contribution in [1.82, 2.24) is 0 Å². The first kappa shape index (κ1) is 14.5. The van der Waals surface area contributed by atoms with Crippen molar-refractivity contribution in [3.8, 4) is 0 Å². The molecule has 1 unspecified atom stereocenters. The summed E-state index contributed by atoms with van der Waals surface area (Å²) >= 11 is 0. The fourth-order valence-electron chi connectivity index (χ4n) is 4.29. The van der Waals surface area contributed by atoms with Gasteiger partial charge in [-0.2, -0.15) is 0 Å². The molecule has 1 atom stereocenters. The number of hydrogen-bond donors (Lipinski definition) is 0. The molecule has 0 aromatic heterocycles. The van der Waals surface area contributed by atoms with Crippen molar-refractivity contribution in [2.45, 2.75) is 12.8 Å². The third-order valence-electron chi connectivity index (χ3n) is 5.60. The Balaban J connectivity index is 1.78. The van der Waals surface area contributed by atoms with Gasteiger partial charge in [0.05, 0.1) is 0 Å². The van der Waals surface area contributed by atoms with Crippen molar-refractivity contribution in [3.63, 3.8) is 0 Å². The molecule has 0 fully saturated rings.